The number of hydrogen-bond donors (Lipinski definition) is 1. The molecule has 0 aliphatic heterocycles. The van der Waals surface area contributed by atoms with E-state index in [1.807, 2.05) is 32.9 Å². The highest BCUT2D eigenvalue weighted by molar-refractivity contribution is 9.10. The molecule has 1 atom stereocenters. The van der Waals surface area contributed by atoms with Crippen LogP contribution in [0.1, 0.15) is 18.1 Å². The highest BCUT2D eigenvalue weighted by atomic mass is 79.9. The van der Waals surface area contributed by atoms with Crippen LogP contribution in [0.3, 0.4) is 0 Å². The van der Waals surface area contributed by atoms with Crippen LogP contribution in [0.15, 0.2) is 16.6 Å². The van der Waals surface area contributed by atoms with Crippen molar-refractivity contribution in [1.29, 1.82) is 0 Å². The van der Waals surface area contributed by atoms with E-state index in [9.17, 15) is 0 Å². The fourth-order valence-electron chi connectivity index (χ4n) is 1.60. The molecule has 0 heterocycles. The molecule has 0 saturated carbocycles. The molecule has 1 unspecified atom stereocenters. The molecular weight excluding hydrogens is 282 g/mol. The van der Waals surface area contributed by atoms with Gasteiger partial charge < -0.3 is 15.2 Å². The van der Waals surface area contributed by atoms with E-state index in [4.69, 9.17) is 15.2 Å². The monoisotopic (exact) mass is 301 g/mol. The van der Waals surface area contributed by atoms with E-state index in [1.54, 1.807) is 0 Å². The van der Waals surface area contributed by atoms with Crippen LogP contribution < -0.4 is 10.5 Å². The number of benzene rings is 1. The average Bonchev–Trinajstić information content (AvgIpc) is 2.31. The Morgan fingerprint density at radius 1 is 1.29 bits per heavy atom. The summed E-state index contributed by atoms with van der Waals surface area (Å²) >= 11 is 3.53. The Kier molecular flexibility index (Phi) is 5.95. The summed E-state index contributed by atoms with van der Waals surface area (Å²) in [5.74, 6) is 0.862. The summed E-state index contributed by atoms with van der Waals surface area (Å²) in [6.45, 7) is 7.67. The van der Waals surface area contributed by atoms with Gasteiger partial charge in [0, 0.05) is 17.6 Å². The minimum absolute atomic E-state index is 0.0377. The van der Waals surface area contributed by atoms with Gasteiger partial charge in [-0.3, -0.25) is 0 Å². The number of hydrogen-bond acceptors (Lipinski definition) is 3. The topological polar surface area (TPSA) is 44.5 Å². The van der Waals surface area contributed by atoms with Crippen LogP contribution in [0.5, 0.6) is 5.75 Å². The lowest BCUT2D eigenvalue weighted by Gasteiger charge is -2.16. The standard InChI is InChI=1S/C13H20BrNO2/c1-4-16-12(7-15)8-17-11-5-9(2)13(14)10(3)6-11/h5-6,12H,4,7-8,15H2,1-3H3. The maximum Gasteiger partial charge on any atom is 0.120 e. The maximum absolute atomic E-state index is 5.70. The lowest BCUT2D eigenvalue weighted by molar-refractivity contribution is 0.0336. The molecule has 17 heavy (non-hydrogen) atoms. The maximum atomic E-state index is 5.70. The van der Waals surface area contributed by atoms with Crippen molar-refractivity contribution in [1.82, 2.24) is 0 Å². The van der Waals surface area contributed by atoms with Crippen LogP contribution in [0, 0.1) is 13.8 Å². The Hall–Kier alpha value is -0.580. The van der Waals surface area contributed by atoms with Gasteiger partial charge >= 0.3 is 0 Å². The van der Waals surface area contributed by atoms with Gasteiger partial charge in [-0.1, -0.05) is 15.9 Å². The highest BCUT2D eigenvalue weighted by Crippen LogP contribution is 2.26. The van der Waals surface area contributed by atoms with E-state index in [1.165, 1.54) is 11.1 Å². The second kappa shape index (κ2) is 6.99. The minimum Gasteiger partial charge on any atom is -0.491 e. The van der Waals surface area contributed by atoms with Gasteiger partial charge in [-0.25, -0.2) is 0 Å². The van der Waals surface area contributed by atoms with Gasteiger partial charge in [0.15, 0.2) is 0 Å². The summed E-state index contributed by atoms with van der Waals surface area (Å²) in [6, 6.07) is 4.02. The van der Waals surface area contributed by atoms with Crippen molar-refractivity contribution < 1.29 is 9.47 Å². The number of rotatable bonds is 6. The molecule has 0 bridgehead atoms. The molecular formula is C13H20BrNO2. The second-order valence-electron chi connectivity index (χ2n) is 4.00. The molecule has 0 aliphatic rings. The van der Waals surface area contributed by atoms with Crippen LogP contribution in [-0.2, 0) is 4.74 Å². The highest BCUT2D eigenvalue weighted by Gasteiger charge is 2.08. The third-order valence-electron chi connectivity index (χ3n) is 2.51. The van der Waals surface area contributed by atoms with E-state index in [0.29, 0.717) is 19.8 Å². The first-order chi connectivity index (χ1) is 8.08. The average molecular weight is 302 g/mol. The fourth-order valence-corrected chi connectivity index (χ4v) is 1.83. The number of ether oxygens (including phenoxy) is 2. The van der Waals surface area contributed by atoms with Crippen LogP contribution in [0.4, 0.5) is 0 Å². The molecule has 1 rings (SSSR count). The van der Waals surface area contributed by atoms with Crippen molar-refractivity contribution in [3.05, 3.63) is 27.7 Å². The third-order valence-corrected chi connectivity index (χ3v) is 3.76. The van der Waals surface area contributed by atoms with Gasteiger partial charge in [-0.15, -0.1) is 0 Å². The first-order valence-corrected chi connectivity index (χ1v) is 6.59. The summed E-state index contributed by atoms with van der Waals surface area (Å²) in [5, 5.41) is 0. The zero-order valence-corrected chi connectivity index (χ0v) is 12.2. The van der Waals surface area contributed by atoms with Gasteiger partial charge in [0.25, 0.3) is 0 Å². The Balaban J connectivity index is 2.63. The molecule has 2 N–H and O–H groups in total. The summed E-state index contributed by atoms with van der Waals surface area (Å²) in [7, 11) is 0. The number of halogens is 1. The van der Waals surface area contributed by atoms with E-state index >= 15 is 0 Å². The Labute approximate surface area is 111 Å². The quantitative estimate of drug-likeness (QED) is 0.879. The van der Waals surface area contributed by atoms with Gasteiger partial charge in [-0.05, 0) is 44.0 Å². The Morgan fingerprint density at radius 3 is 2.35 bits per heavy atom. The molecule has 1 aromatic rings. The predicted octanol–water partition coefficient (Wildman–Crippen LogP) is 2.81. The lowest BCUT2D eigenvalue weighted by atomic mass is 10.1. The third kappa shape index (κ3) is 4.30. The smallest absolute Gasteiger partial charge is 0.120 e. The van der Waals surface area contributed by atoms with Gasteiger partial charge in [0.1, 0.15) is 18.5 Å². The Bertz CT molecular complexity index is 345. The van der Waals surface area contributed by atoms with Gasteiger partial charge in [0.05, 0.1) is 0 Å². The second-order valence-corrected chi connectivity index (χ2v) is 4.79. The van der Waals surface area contributed by atoms with E-state index in [2.05, 4.69) is 15.9 Å². The lowest BCUT2D eigenvalue weighted by Crippen LogP contribution is -2.30. The van der Waals surface area contributed by atoms with E-state index < -0.39 is 0 Å². The van der Waals surface area contributed by atoms with Crippen molar-refractivity contribution in [3.63, 3.8) is 0 Å². The molecule has 0 radical (unpaired) electrons. The largest absolute Gasteiger partial charge is 0.491 e. The molecule has 1 aromatic carbocycles. The van der Waals surface area contributed by atoms with Gasteiger partial charge in [-0.2, -0.15) is 0 Å². The molecule has 0 aromatic heterocycles. The summed E-state index contributed by atoms with van der Waals surface area (Å²) < 4.78 is 12.3. The first kappa shape index (κ1) is 14.5. The molecule has 0 spiro atoms. The van der Waals surface area contributed by atoms with Crippen LogP contribution in [0.2, 0.25) is 0 Å². The number of aryl methyl sites for hydroxylation is 2. The molecule has 96 valence electrons. The van der Waals surface area contributed by atoms with Crippen LogP contribution >= 0.6 is 15.9 Å². The first-order valence-electron chi connectivity index (χ1n) is 5.79. The normalized spacial score (nSPS) is 12.5. The van der Waals surface area contributed by atoms with Crippen LogP contribution in [0.25, 0.3) is 0 Å². The zero-order valence-electron chi connectivity index (χ0n) is 10.6. The van der Waals surface area contributed by atoms with E-state index in [-0.39, 0.29) is 6.10 Å². The van der Waals surface area contributed by atoms with Crippen molar-refractivity contribution in [3.8, 4) is 5.75 Å². The number of nitrogens with two attached hydrogens (primary N) is 1. The summed E-state index contributed by atoms with van der Waals surface area (Å²) in [4.78, 5) is 0. The van der Waals surface area contributed by atoms with Gasteiger partial charge in [0.2, 0.25) is 0 Å². The van der Waals surface area contributed by atoms with Crippen molar-refractivity contribution in [2.45, 2.75) is 26.9 Å². The van der Waals surface area contributed by atoms with Crippen molar-refractivity contribution >= 4 is 15.9 Å². The molecule has 0 saturated heterocycles. The SMILES string of the molecule is CCOC(CN)COc1cc(C)c(Br)c(C)c1. The summed E-state index contributed by atoms with van der Waals surface area (Å²) in [6.07, 6.45) is -0.0377. The predicted molar refractivity (Wildman–Crippen MR) is 73.6 cm³/mol. The molecule has 3 nitrogen and oxygen atoms in total. The summed E-state index contributed by atoms with van der Waals surface area (Å²) in [5.41, 5.74) is 7.93. The Morgan fingerprint density at radius 2 is 1.88 bits per heavy atom. The van der Waals surface area contributed by atoms with Crippen molar-refractivity contribution in [2.75, 3.05) is 19.8 Å². The minimum atomic E-state index is -0.0377. The molecule has 4 heteroatoms. The zero-order chi connectivity index (χ0) is 12.8. The van der Waals surface area contributed by atoms with Crippen LogP contribution in [-0.4, -0.2) is 25.9 Å². The van der Waals surface area contributed by atoms with Crippen molar-refractivity contribution in [2.24, 2.45) is 5.73 Å². The fraction of sp³-hybridized carbons (Fsp3) is 0.538. The van der Waals surface area contributed by atoms with E-state index in [0.717, 1.165) is 10.2 Å². The molecule has 0 fully saturated rings. The molecule has 0 aliphatic carbocycles. The molecule has 0 amide bonds.